The number of fused-ring (bicyclic) bond motifs is 1. The monoisotopic (exact) mass is 320 g/mol. The third kappa shape index (κ3) is 3.09. The molecule has 120 valence electrons. The molecule has 3 rings (SSSR count). The first kappa shape index (κ1) is 15.3. The number of allylic oxidation sites excluding steroid dienone is 1. The molecule has 0 saturated carbocycles. The zero-order chi connectivity index (χ0) is 17.1. The van der Waals surface area contributed by atoms with Crippen LogP contribution in [0.1, 0.15) is 5.56 Å². The number of hydrogen-bond acceptors (Lipinski definition) is 5. The largest absolute Gasteiger partial charge is 0.393 e. The van der Waals surface area contributed by atoms with Crippen LogP contribution in [-0.2, 0) is 0 Å². The summed E-state index contributed by atoms with van der Waals surface area (Å²) in [7, 11) is 0. The summed E-state index contributed by atoms with van der Waals surface area (Å²) in [5.41, 5.74) is 9.04. The number of anilines is 2. The smallest absolute Gasteiger partial charge is 0.247 e. The lowest BCUT2D eigenvalue weighted by Gasteiger charge is -2.05. The molecule has 0 fully saturated rings. The van der Waals surface area contributed by atoms with Crippen LogP contribution in [0, 0.1) is 5.41 Å². The van der Waals surface area contributed by atoms with Gasteiger partial charge in [-0.05, 0) is 29.3 Å². The Hall–Kier alpha value is -3.61. The number of aliphatic imine (C=N–C) groups is 1. The van der Waals surface area contributed by atoms with Gasteiger partial charge in [-0.15, -0.1) is 0 Å². The number of nitrogens with one attached hydrogen (secondary N) is 4. The van der Waals surface area contributed by atoms with Crippen molar-refractivity contribution in [2.24, 2.45) is 10.7 Å². The van der Waals surface area contributed by atoms with Crippen LogP contribution in [0.5, 0.6) is 0 Å². The zero-order valence-electron chi connectivity index (χ0n) is 12.8. The second-order valence-corrected chi connectivity index (χ2v) is 5.16. The zero-order valence-corrected chi connectivity index (χ0v) is 12.8. The van der Waals surface area contributed by atoms with Gasteiger partial charge in [-0.1, -0.05) is 18.7 Å². The van der Waals surface area contributed by atoms with E-state index in [2.05, 4.69) is 27.2 Å². The predicted molar refractivity (Wildman–Crippen MR) is 97.2 cm³/mol. The van der Waals surface area contributed by atoms with Crippen molar-refractivity contribution in [3.8, 4) is 0 Å². The molecule has 0 atom stereocenters. The number of hydrogen-bond donors (Lipinski definition) is 5. The highest BCUT2D eigenvalue weighted by molar-refractivity contribution is 6.14. The average Bonchev–Trinajstić information content (AvgIpc) is 3.03. The summed E-state index contributed by atoms with van der Waals surface area (Å²) in [5.74, 6) is 0.427. The number of para-hydroxylation sites is 2. The Labute approximate surface area is 138 Å². The number of amidine groups is 1. The molecule has 0 aliphatic carbocycles. The standard InChI is InChI=1S/C17H16N6O/c1-10(11-6-7-14(24)20-9-11)8-21-16(19)15(18)17-22-12-4-2-3-5-13(12)23-17/h2-9,19,22-23H,1,18H2,(H,20,24). The van der Waals surface area contributed by atoms with Crippen LogP contribution in [0.25, 0.3) is 5.57 Å². The summed E-state index contributed by atoms with van der Waals surface area (Å²) >= 11 is 0. The summed E-state index contributed by atoms with van der Waals surface area (Å²) in [5, 5.41) is 14.2. The van der Waals surface area contributed by atoms with Gasteiger partial charge in [0.2, 0.25) is 5.56 Å². The molecule has 0 unspecified atom stereocenters. The second-order valence-electron chi connectivity index (χ2n) is 5.16. The molecular formula is C17H16N6O. The van der Waals surface area contributed by atoms with Crippen molar-refractivity contribution >= 4 is 29.0 Å². The Kier molecular flexibility index (Phi) is 3.98. The maximum absolute atomic E-state index is 11.1. The quantitative estimate of drug-likeness (QED) is 0.439. The first-order valence-corrected chi connectivity index (χ1v) is 7.18. The van der Waals surface area contributed by atoms with Gasteiger partial charge in [-0.25, -0.2) is 4.99 Å². The minimum atomic E-state index is -0.192. The number of pyridine rings is 1. The molecule has 1 aliphatic rings. The van der Waals surface area contributed by atoms with E-state index in [1.165, 1.54) is 12.3 Å². The van der Waals surface area contributed by atoms with E-state index in [-0.39, 0.29) is 17.1 Å². The minimum Gasteiger partial charge on any atom is -0.393 e. The molecule has 0 radical (unpaired) electrons. The predicted octanol–water partition coefficient (Wildman–Crippen LogP) is 2.10. The molecule has 7 heteroatoms. The van der Waals surface area contributed by atoms with Gasteiger partial charge in [-0.3, -0.25) is 10.2 Å². The van der Waals surface area contributed by atoms with E-state index in [1.54, 1.807) is 12.3 Å². The molecule has 2 aromatic rings. The van der Waals surface area contributed by atoms with E-state index in [4.69, 9.17) is 11.1 Å². The van der Waals surface area contributed by atoms with Crippen LogP contribution >= 0.6 is 0 Å². The summed E-state index contributed by atoms with van der Waals surface area (Å²) in [6.07, 6.45) is 2.98. The molecule has 2 heterocycles. The highest BCUT2D eigenvalue weighted by atomic mass is 16.1. The van der Waals surface area contributed by atoms with Crippen LogP contribution in [0.3, 0.4) is 0 Å². The van der Waals surface area contributed by atoms with E-state index >= 15 is 0 Å². The van der Waals surface area contributed by atoms with Crippen molar-refractivity contribution in [3.63, 3.8) is 0 Å². The number of H-pyrrole nitrogens is 1. The summed E-state index contributed by atoms with van der Waals surface area (Å²) in [6, 6.07) is 10.7. The Morgan fingerprint density at radius 3 is 2.42 bits per heavy atom. The molecule has 7 nitrogen and oxygen atoms in total. The number of nitrogens with zero attached hydrogens (tertiary/aromatic N) is 1. The molecule has 0 spiro atoms. The maximum Gasteiger partial charge on any atom is 0.247 e. The van der Waals surface area contributed by atoms with Gasteiger partial charge in [0.1, 0.15) is 11.5 Å². The van der Waals surface area contributed by atoms with Crippen LogP contribution in [0.2, 0.25) is 0 Å². The van der Waals surface area contributed by atoms with Crippen LogP contribution < -0.4 is 21.9 Å². The number of aromatic amines is 1. The lowest BCUT2D eigenvalue weighted by molar-refractivity contribution is 1.23. The van der Waals surface area contributed by atoms with Crippen molar-refractivity contribution < 1.29 is 0 Å². The van der Waals surface area contributed by atoms with Crippen LogP contribution in [0.4, 0.5) is 11.4 Å². The fourth-order valence-electron chi connectivity index (χ4n) is 2.15. The van der Waals surface area contributed by atoms with Crippen molar-refractivity contribution in [1.29, 1.82) is 5.41 Å². The first-order chi connectivity index (χ1) is 11.5. The third-order valence-electron chi connectivity index (χ3n) is 3.48. The van der Waals surface area contributed by atoms with Gasteiger partial charge in [0, 0.05) is 18.5 Å². The molecule has 0 amide bonds. The van der Waals surface area contributed by atoms with Crippen LogP contribution in [0.15, 0.2) is 70.5 Å². The molecule has 6 N–H and O–H groups in total. The van der Waals surface area contributed by atoms with Crippen LogP contribution in [-0.4, -0.2) is 17.0 Å². The Morgan fingerprint density at radius 1 is 1.17 bits per heavy atom. The van der Waals surface area contributed by atoms with E-state index in [9.17, 15) is 4.79 Å². The van der Waals surface area contributed by atoms with Crippen molar-refractivity contribution in [2.75, 3.05) is 10.6 Å². The topological polar surface area (TPSA) is 119 Å². The van der Waals surface area contributed by atoms with Gasteiger partial charge in [0.15, 0.2) is 5.84 Å². The van der Waals surface area contributed by atoms with Crippen molar-refractivity contribution in [3.05, 3.63) is 76.6 Å². The first-order valence-electron chi connectivity index (χ1n) is 7.18. The fourth-order valence-corrected chi connectivity index (χ4v) is 2.15. The number of nitrogens with two attached hydrogens (primary N) is 1. The minimum absolute atomic E-state index is 0.0941. The Morgan fingerprint density at radius 2 is 1.83 bits per heavy atom. The number of benzene rings is 1. The molecule has 1 aliphatic heterocycles. The highest BCUT2D eigenvalue weighted by Crippen LogP contribution is 2.30. The Bertz CT molecular complexity index is 891. The molecule has 24 heavy (non-hydrogen) atoms. The number of rotatable bonds is 3. The SMILES string of the molecule is C=C(C=NC(=N)C(N)=C1Nc2ccccc2N1)c1ccc(=O)[nH]c1. The average molecular weight is 320 g/mol. The Balaban J connectivity index is 1.73. The summed E-state index contributed by atoms with van der Waals surface area (Å²) in [6.45, 7) is 3.86. The van der Waals surface area contributed by atoms with E-state index in [0.29, 0.717) is 17.0 Å². The third-order valence-corrected chi connectivity index (χ3v) is 3.48. The fraction of sp³-hybridized carbons (Fsp3) is 0. The maximum atomic E-state index is 11.1. The lowest BCUT2D eigenvalue weighted by Crippen LogP contribution is -2.17. The van der Waals surface area contributed by atoms with E-state index in [0.717, 1.165) is 11.4 Å². The normalized spacial score (nSPS) is 12.4. The number of aromatic nitrogens is 1. The summed E-state index contributed by atoms with van der Waals surface area (Å²) in [4.78, 5) is 17.6. The molecule has 1 aromatic heterocycles. The highest BCUT2D eigenvalue weighted by Gasteiger charge is 2.17. The van der Waals surface area contributed by atoms with Crippen molar-refractivity contribution in [2.45, 2.75) is 0 Å². The van der Waals surface area contributed by atoms with Gasteiger partial charge < -0.3 is 21.4 Å². The lowest BCUT2D eigenvalue weighted by atomic mass is 10.1. The molecule has 0 saturated heterocycles. The van der Waals surface area contributed by atoms with Gasteiger partial charge in [0.05, 0.1) is 11.4 Å². The molecule has 0 bridgehead atoms. The summed E-state index contributed by atoms with van der Waals surface area (Å²) < 4.78 is 0. The van der Waals surface area contributed by atoms with Crippen molar-refractivity contribution in [1.82, 2.24) is 4.98 Å². The van der Waals surface area contributed by atoms with E-state index < -0.39 is 0 Å². The second kappa shape index (κ2) is 6.25. The van der Waals surface area contributed by atoms with Gasteiger partial charge in [-0.2, -0.15) is 0 Å². The van der Waals surface area contributed by atoms with Gasteiger partial charge >= 0.3 is 0 Å². The molecule has 1 aromatic carbocycles. The molecular weight excluding hydrogens is 304 g/mol. The van der Waals surface area contributed by atoms with Gasteiger partial charge in [0.25, 0.3) is 0 Å². The van der Waals surface area contributed by atoms with E-state index in [1.807, 2.05) is 24.3 Å².